The number of carboxylic acids is 1. The number of aliphatic carboxylic acids is 1. The van der Waals surface area contributed by atoms with Crippen molar-refractivity contribution in [3.8, 4) is 0 Å². The highest BCUT2D eigenvalue weighted by atomic mass is 16.6. The average molecular weight is 558 g/mol. The lowest BCUT2D eigenvalue weighted by Crippen LogP contribution is -2.55. The maximum atomic E-state index is 13.2. The van der Waals surface area contributed by atoms with E-state index >= 15 is 0 Å². The van der Waals surface area contributed by atoms with Gasteiger partial charge in [-0.05, 0) is 44.2 Å². The second kappa shape index (κ2) is 15.5. The molecule has 0 aromatic heterocycles. The number of carboxylic acid groups (broad SMARTS) is 1. The third-order valence-electron chi connectivity index (χ3n) is 5.85. The molecule has 3 N–H and O–H groups in total. The predicted octanol–water partition coefficient (Wildman–Crippen LogP) is 3.92. The van der Waals surface area contributed by atoms with Crippen LogP contribution in [0.3, 0.4) is 0 Å². The van der Waals surface area contributed by atoms with Crippen molar-refractivity contribution in [2.45, 2.75) is 64.8 Å². The second-order valence-electron chi connectivity index (χ2n) is 10.3. The minimum atomic E-state index is -1.24. The molecule has 40 heavy (non-hydrogen) atoms. The zero-order valence-corrected chi connectivity index (χ0v) is 23.6. The van der Waals surface area contributed by atoms with Crippen LogP contribution >= 0.6 is 0 Å². The van der Waals surface area contributed by atoms with E-state index in [1.165, 1.54) is 7.11 Å². The maximum absolute atomic E-state index is 13.2. The molecule has 3 atom stereocenters. The molecule has 2 aromatic carbocycles. The van der Waals surface area contributed by atoms with Crippen molar-refractivity contribution in [2.75, 3.05) is 13.7 Å². The standard InChI is InChI=1S/C29H39N3O8/c1-20(24(25(33)34)31-27(36)40-29(2,3)4)16-17-30-32(28(37)39-19-22-14-10-7-11-15-22)23(26(35)38-5)18-21-12-8-6-9-13-21/h6-15,20,23-24,30H,16-19H2,1-5H3,(H,31,36)(H,33,34)/t20-,23+,24+/m1/s1. The Morgan fingerprint density at radius 3 is 2.05 bits per heavy atom. The lowest BCUT2D eigenvalue weighted by atomic mass is 9.98. The van der Waals surface area contributed by atoms with Crippen molar-refractivity contribution in [1.29, 1.82) is 0 Å². The number of nitrogens with one attached hydrogen (secondary N) is 2. The van der Waals surface area contributed by atoms with E-state index in [1.807, 2.05) is 48.5 Å². The number of carbonyl (C=O) groups is 4. The molecule has 0 bridgehead atoms. The van der Waals surface area contributed by atoms with Gasteiger partial charge in [-0.2, -0.15) is 0 Å². The number of hydrazine groups is 1. The molecule has 0 aliphatic heterocycles. The molecule has 0 aliphatic rings. The van der Waals surface area contributed by atoms with Crippen LogP contribution in [-0.2, 0) is 36.8 Å². The van der Waals surface area contributed by atoms with E-state index in [4.69, 9.17) is 14.2 Å². The number of benzene rings is 2. The SMILES string of the molecule is COC(=O)[C@H](Cc1ccccc1)N(NCC[C@@H](C)[C@H](NC(=O)OC(C)(C)C)C(=O)O)C(=O)OCc1ccccc1. The molecule has 2 aromatic rings. The van der Waals surface area contributed by atoms with E-state index < -0.39 is 47.7 Å². The molecule has 2 amide bonds. The number of nitrogens with zero attached hydrogens (tertiary/aromatic N) is 1. The number of esters is 1. The summed E-state index contributed by atoms with van der Waals surface area (Å²) in [6.07, 6.45) is -1.29. The number of methoxy groups -OCH3 is 1. The molecular formula is C29H39N3O8. The molecule has 0 aliphatic carbocycles. The predicted molar refractivity (Wildman–Crippen MR) is 147 cm³/mol. The van der Waals surface area contributed by atoms with Crippen LogP contribution in [0.1, 0.15) is 45.2 Å². The number of hydrogen-bond donors (Lipinski definition) is 3. The van der Waals surface area contributed by atoms with Crippen LogP contribution in [0.15, 0.2) is 60.7 Å². The van der Waals surface area contributed by atoms with Gasteiger partial charge in [-0.1, -0.05) is 67.6 Å². The first kappa shape index (κ1) is 32.1. The Bertz CT molecular complexity index is 1110. The molecule has 0 saturated carbocycles. The van der Waals surface area contributed by atoms with Gasteiger partial charge in [-0.3, -0.25) is 0 Å². The van der Waals surface area contributed by atoms with Crippen LogP contribution in [0.4, 0.5) is 9.59 Å². The number of hydrogen-bond acceptors (Lipinski definition) is 8. The van der Waals surface area contributed by atoms with Crippen LogP contribution < -0.4 is 10.7 Å². The lowest BCUT2D eigenvalue weighted by molar-refractivity contribution is -0.147. The number of ether oxygens (including phenoxy) is 3. The third-order valence-corrected chi connectivity index (χ3v) is 5.85. The third kappa shape index (κ3) is 10.9. The molecule has 218 valence electrons. The smallest absolute Gasteiger partial charge is 0.425 e. The first-order valence-corrected chi connectivity index (χ1v) is 13.0. The zero-order chi connectivity index (χ0) is 29.7. The summed E-state index contributed by atoms with van der Waals surface area (Å²) in [7, 11) is 1.23. The van der Waals surface area contributed by atoms with Crippen molar-refractivity contribution in [3.05, 3.63) is 71.8 Å². The Kier molecular flexibility index (Phi) is 12.4. The highest BCUT2D eigenvalue weighted by Crippen LogP contribution is 2.15. The van der Waals surface area contributed by atoms with E-state index in [-0.39, 0.29) is 26.0 Å². The van der Waals surface area contributed by atoms with Crippen molar-refractivity contribution in [3.63, 3.8) is 0 Å². The van der Waals surface area contributed by atoms with Crippen molar-refractivity contribution < 1.29 is 38.5 Å². The lowest BCUT2D eigenvalue weighted by Gasteiger charge is -2.30. The van der Waals surface area contributed by atoms with E-state index in [2.05, 4.69) is 10.7 Å². The fourth-order valence-corrected chi connectivity index (χ4v) is 3.81. The molecule has 0 radical (unpaired) electrons. The van der Waals surface area contributed by atoms with Gasteiger partial charge < -0.3 is 24.6 Å². The molecule has 0 unspecified atom stereocenters. The summed E-state index contributed by atoms with van der Waals surface area (Å²) in [5, 5.41) is 13.1. The Labute approximate surface area is 234 Å². The van der Waals surface area contributed by atoms with Gasteiger partial charge in [-0.25, -0.2) is 29.6 Å². The van der Waals surface area contributed by atoms with Crippen LogP contribution in [0.5, 0.6) is 0 Å². The fraction of sp³-hybridized carbons (Fsp3) is 0.448. The molecule has 11 heteroatoms. The maximum Gasteiger partial charge on any atom is 0.425 e. The number of rotatable bonds is 13. The first-order valence-electron chi connectivity index (χ1n) is 13.0. The summed E-state index contributed by atoms with van der Waals surface area (Å²) in [6, 6.07) is 15.9. The van der Waals surface area contributed by atoms with Crippen LogP contribution in [0.2, 0.25) is 0 Å². The minimum Gasteiger partial charge on any atom is -0.480 e. The molecule has 0 saturated heterocycles. The van der Waals surface area contributed by atoms with Crippen LogP contribution in [0, 0.1) is 5.92 Å². The number of carbonyl (C=O) groups excluding carboxylic acids is 3. The normalized spacial score (nSPS) is 13.3. The van der Waals surface area contributed by atoms with E-state index in [0.717, 1.165) is 16.1 Å². The van der Waals surface area contributed by atoms with Crippen molar-refractivity contribution >= 4 is 24.1 Å². The Balaban J connectivity index is 2.17. The highest BCUT2D eigenvalue weighted by molar-refractivity contribution is 5.81. The van der Waals surface area contributed by atoms with Gasteiger partial charge in [0.15, 0.2) is 6.04 Å². The van der Waals surface area contributed by atoms with Crippen molar-refractivity contribution in [1.82, 2.24) is 15.8 Å². The van der Waals surface area contributed by atoms with Crippen LogP contribution in [-0.4, -0.2) is 65.6 Å². The molecule has 0 spiro atoms. The largest absolute Gasteiger partial charge is 0.480 e. The zero-order valence-electron chi connectivity index (χ0n) is 23.6. The summed E-state index contributed by atoms with van der Waals surface area (Å²) in [5.41, 5.74) is 3.69. The second-order valence-corrected chi connectivity index (χ2v) is 10.3. The van der Waals surface area contributed by atoms with Gasteiger partial charge in [0.05, 0.1) is 7.11 Å². The summed E-state index contributed by atoms with van der Waals surface area (Å²) in [4.78, 5) is 50.1. The van der Waals surface area contributed by atoms with E-state index in [9.17, 15) is 24.3 Å². The Morgan fingerprint density at radius 1 is 0.950 bits per heavy atom. The first-order chi connectivity index (χ1) is 18.9. The van der Waals surface area contributed by atoms with E-state index in [0.29, 0.717) is 0 Å². The monoisotopic (exact) mass is 557 g/mol. The summed E-state index contributed by atoms with van der Waals surface area (Å²) in [5.74, 6) is -2.45. The molecule has 0 fully saturated rings. The summed E-state index contributed by atoms with van der Waals surface area (Å²) < 4.78 is 15.7. The molecule has 11 nitrogen and oxygen atoms in total. The van der Waals surface area contributed by atoms with Gasteiger partial charge in [0.1, 0.15) is 18.2 Å². The Morgan fingerprint density at radius 2 is 1.52 bits per heavy atom. The summed E-state index contributed by atoms with van der Waals surface area (Å²) in [6.45, 7) is 6.74. The fourth-order valence-electron chi connectivity index (χ4n) is 3.81. The topological polar surface area (TPSA) is 144 Å². The number of amides is 2. The molecule has 0 heterocycles. The number of alkyl carbamates (subject to hydrolysis) is 1. The summed E-state index contributed by atoms with van der Waals surface area (Å²) >= 11 is 0. The molecular weight excluding hydrogens is 518 g/mol. The minimum absolute atomic E-state index is 0.0195. The Hall–Kier alpha value is -4.12. The van der Waals surface area contributed by atoms with Gasteiger partial charge in [-0.15, -0.1) is 0 Å². The van der Waals surface area contributed by atoms with Gasteiger partial charge in [0, 0.05) is 13.0 Å². The molecule has 2 rings (SSSR count). The van der Waals surface area contributed by atoms with Gasteiger partial charge in [0.2, 0.25) is 0 Å². The quantitative estimate of drug-likeness (QED) is 0.190. The van der Waals surface area contributed by atoms with Gasteiger partial charge in [0.25, 0.3) is 0 Å². The van der Waals surface area contributed by atoms with Crippen LogP contribution in [0.25, 0.3) is 0 Å². The van der Waals surface area contributed by atoms with E-state index in [1.54, 1.807) is 39.8 Å². The highest BCUT2D eigenvalue weighted by Gasteiger charge is 2.33. The van der Waals surface area contributed by atoms with Crippen molar-refractivity contribution in [2.24, 2.45) is 5.92 Å². The van der Waals surface area contributed by atoms with Gasteiger partial charge >= 0.3 is 24.1 Å². The average Bonchev–Trinajstić information content (AvgIpc) is 2.91.